The van der Waals surface area contributed by atoms with Crippen LogP contribution in [0.1, 0.15) is 11.1 Å². The first-order valence-corrected chi connectivity index (χ1v) is 8.60. The van der Waals surface area contributed by atoms with Crippen molar-refractivity contribution in [1.82, 2.24) is 0 Å². The van der Waals surface area contributed by atoms with Gasteiger partial charge in [-0.1, -0.05) is 84.9 Å². The zero-order valence-corrected chi connectivity index (χ0v) is 13.5. The van der Waals surface area contributed by atoms with Gasteiger partial charge in [0.05, 0.1) is 0 Å². The van der Waals surface area contributed by atoms with Gasteiger partial charge < -0.3 is 0 Å². The lowest BCUT2D eigenvalue weighted by atomic mass is 9.89. The van der Waals surface area contributed by atoms with Crippen LogP contribution in [-0.2, 0) is 12.8 Å². The van der Waals surface area contributed by atoms with Crippen molar-refractivity contribution < 1.29 is 0 Å². The second kappa shape index (κ2) is 5.35. The quantitative estimate of drug-likeness (QED) is 0.409. The SMILES string of the molecule is c1ccc(-c2ccc3c4c(ccc(-c5ccccc5)c24)CC3)cc1. The molecule has 0 spiro atoms. The molecule has 0 nitrogen and oxygen atoms in total. The van der Waals surface area contributed by atoms with E-state index in [1.807, 2.05) is 0 Å². The first-order chi connectivity index (χ1) is 11.9. The highest BCUT2D eigenvalue weighted by molar-refractivity contribution is 6.09. The predicted molar refractivity (Wildman–Crippen MR) is 102 cm³/mol. The van der Waals surface area contributed by atoms with Crippen molar-refractivity contribution >= 4 is 10.8 Å². The van der Waals surface area contributed by atoms with Crippen molar-refractivity contribution in [1.29, 1.82) is 0 Å². The molecule has 0 atom stereocenters. The highest BCUT2D eigenvalue weighted by atomic mass is 14.2. The summed E-state index contributed by atoms with van der Waals surface area (Å²) in [6.45, 7) is 0. The Labute approximate surface area is 142 Å². The van der Waals surface area contributed by atoms with E-state index in [0.29, 0.717) is 0 Å². The molecule has 1 aliphatic rings. The zero-order valence-electron chi connectivity index (χ0n) is 13.5. The maximum absolute atomic E-state index is 2.33. The molecular formula is C24H18. The predicted octanol–water partition coefficient (Wildman–Crippen LogP) is 6.27. The van der Waals surface area contributed by atoms with Crippen molar-refractivity contribution in [3.8, 4) is 22.3 Å². The highest BCUT2D eigenvalue weighted by Gasteiger charge is 2.19. The third-order valence-electron chi connectivity index (χ3n) is 5.17. The summed E-state index contributed by atoms with van der Waals surface area (Å²) in [5.41, 5.74) is 8.28. The molecule has 0 aliphatic heterocycles. The minimum Gasteiger partial charge on any atom is -0.0622 e. The molecule has 0 amide bonds. The number of aryl methyl sites for hydroxylation is 2. The molecule has 24 heavy (non-hydrogen) atoms. The molecule has 0 saturated heterocycles. The third-order valence-corrected chi connectivity index (χ3v) is 5.17. The lowest BCUT2D eigenvalue weighted by Gasteiger charge is -2.14. The molecule has 0 fully saturated rings. The molecule has 4 aromatic rings. The zero-order chi connectivity index (χ0) is 15.9. The first-order valence-electron chi connectivity index (χ1n) is 8.60. The number of benzene rings is 4. The molecule has 114 valence electrons. The van der Waals surface area contributed by atoms with E-state index >= 15 is 0 Å². The van der Waals surface area contributed by atoms with Crippen LogP contribution in [0.5, 0.6) is 0 Å². The van der Waals surface area contributed by atoms with E-state index < -0.39 is 0 Å². The lowest BCUT2D eigenvalue weighted by Crippen LogP contribution is -1.89. The molecule has 0 N–H and O–H groups in total. The Balaban J connectivity index is 1.92. The van der Waals surface area contributed by atoms with Gasteiger partial charge in [0.2, 0.25) is 0 Å². The van der Waals surface area contributed by atoms with Gasteiger partial charge in [-0.15, -0.1) is 0 Å². The average Bonchev–Trinajstić information content (AvgIpc) is 3.08. The van der Waals surface area contributed by atoms with E-state index in [-0.39, 0.29) is 0 Å². The van der Waals surface area contributed by atoms with E-state index in [4.69, 9.17) is 0 Å². The second-order valence-corrected chi connectivity index (χ2v) is 6.53. The van der Waals surface area contributed by atoms with Crippen LogP contribution in [0.4, 0.5) is 0 Å². The lowest BCUT2D eigenvalue weighted by molar-refractivity contribution is 1.02. The molecule has 0 radical (unpaired) electrons. The Morgan fingerprint density at radius 1 is 0.417 bits per heavy atom. The van der Waals surface area contributed by atoms with Gasteiger partial charge in [0.15, 0.2) is 0 Å². The van der Waals surface area contributed by atoms with Crippen LogP contribution in [0.3, 0.4) is 0 Å². The van der Waals surface area contributed by atoms with Gasteiger partial charge in [0.25, 0.3) is 0 Å². The monoisotopic (exact) mass is 306 g/mol. The standard InChI is InChI=1S/C24H18/c1-3-7-17(8-4-1)21-15-13-19-11-12-20-14-16-22(24(21)23(19)20)18-9-5-2-6-10-18/h1-10,13-16H,11-12H2. The number of hydrogen-bond acceptors (Lipinski definition) is 0. The molecule has 0 unspecified atom stereocenters. The van der Waals surface area contributed by atoms with Crippen LogP contribution >= 0.6 is 0 Å². The molecule has 0 heteroatoms. The molecule has 5 rings (SSSR count). The minimum absolute atomic E-state index is 1.17. The van der Waals surface area contributed by atoms with Gasteiger partial charge in [-0.3, -0.25) is 0 Å². The summed E-state index contributed by atoms with van der Waals surface area (Å²) in [4.78, 5) is 0. The topological polar surface area (TPSA) is 0 Å². The largest absolute Gasteiger partial charge is 0.0622 e. The second-order valence-electron chi connectivity index (χ2n) is 6.53. The van der Waals surface area contributed by atoms with E-state index in [0.717, 1.165) is 0 Å². The van der Waals surface area contributed by atoms with Crippen molar-refractivity contribution in [3.63, 3.8) is 0 Å². The molecular weight excluding hydrogens is 288 g/mol. The molecule has 1 aliphatic carbocycles. The van der Waals surface area contributed by atoms with Gasteiger partial charge >= 0.3 is 0 Å². The first kappa shape index (κ1) is 13.6. The van der Waals surface area contributed by atoms with E-state index in [2.05, 4.69) is 84.9 Å². The van der Waals surface area contributed by atoms with Crippen LogP contribution in [0.15, 0.2) is 84.9 Å². The summed E-state index contributed by atoms with van der Waals surface area (Å²) in [5.74, 6) is 0. The Kier molecular flexibility index (Phi) is 3.02. The van der Waals surface area contributed by atoms with Crippen LogP contribution in [-0.4, -0.2) is 0 Å². The third kappa shape index (κ3) is 2.00. The van der Waals surface area contributed by atoms with Gasteiger partial charge in [0.1, 0.15) is 0 Å². The number of hydrogen-bond donors (Lipinski definition) is 0. The smallest absolute Gasteiger partial charge is 0.00213 e. The van der Waals surface area contributed by atoms with E-state index in [1.165, 1.54) is 57.0 Å². The van der Waals surface area contributed by atoms with Crippen LogP contribution < -0.4 is 0 Å². The van der Waals surface area contributed by atoms with Crippen LogP contribution in [0, 0.1) is 0 Å². The molecule has 0 saturated carbocycles. The van der Waals surface area contributed by atoms with Crippen molar-refractivity contribution in [2.45, 2.75) is 12.8 Å². The maximum Gasteiger partial charge on any atom is -0.00213 e. The molecule has 0 aromatic heterocycles. The summed E-state index contributed by atoms with van der Waals surface area (Å²) in [7, 11) is 0. The Morgan fingerprint density at radius 3 is 1.33 bits per heavy atom. The number of rotatable bonds is 2. The fourth-order valence-electron chi connectivity index (χ4n) is 4.05. The summed E-state index contributed by atoms with van der Waals surface area (Å²) in [6.07, 6.45) is 2.33. The average molecular weight is 306 g/mol. The fraction of sp³-hybridized carbons (Fsp3) is 0.0833. The van der Waals surface area contributed by atoms with E-state index in [1.54, 1.807) is 0 Å². The van der Waals surface area contributed by atoms with Crippen LogP contribution in [0.25, 0.3) is 33.0 Å². The molecule has 0 heterocycles. The Bertz CT molecular complexity index is 946. The van der Waals surface area contributed by atoms with Crippen molar-refractivity contribution in [3.05, 3.63) is 96.1 Å². The van der Waals surface area contributed by atoms with Gasteiger partial charge in [-0.05, 0) is 57.0 Å². The van der Waals surface area contributed by atoms with Crippen LogP contribution in [0.2, 0.25) is 0 Å². The summed E-state index contributed by atoms with van der Waals surface area (Å²) in [5, 5.41) is 2.90. The van der Waals surface area contributed by atoms with Crippen molar-refractivity contribution in [2.75, 3.05) is 0 Å². The summed E-state index contributed by atoms with van der Waals surface area (Å²) >= 11 is 0. The Hall–Kier alpha value is -2.86. The van der Waals surface area contributed by atoms with Crippen molar-refractivity contribution in [2.24, 2.45) is 0 Å². The molecule has 4 aromatic carbocycles. The minimum atomic E-state index is 1.17. The Morgan fingerprint density at radius 2 is 0.875 bits per heavy atom. The highest BCUT2D eigenvalue weighted by Crippen LogP contribution is 2.42. The maximum atomic E-state index is 2.33. The molecule has 0 bridgehead atoms. The normalized spacial score (nSPS) is 12.7. The fourth-order valence-corrected chi connectivity index (χ4v) is 4.05. The van der Waals surface area contributed by atoms with E-state index in [9.17, 15) is 0 Å². The summed E-state index contributed by atoms with van der Waals surface area (Å²) < 4.78 is 0. The van der Waals surface area contributed by atoms with Gasteiger partial charge in [-0.2, -0.15) is 0 Å². The van der Waals surface area contributed by atoms with Gasteiger partial charge in [-0.25, -0.2) is 0 Å². The summed E-state index contributed by atoms with van der Waals surface area (Å²) in [6, 6.07) is 30.8. The van der Waals surface area contributed by atoms with Gasteiger partial charge in [0, 0.05) is 0 Å².